The van der Waals surface area contributed by atoms with Crippen molar-refractivity contribution in [1.29, 1.82) is 0 Å². The molecule has 0 unspecified atom stereocenters. The van der Waals surface area contributed by atoms with Gasteiger partial charge in [0.2, 0.25) is 0 Å². The van der Waals surface area contributed by atoms with Crippen LogP contribution in [0.25, 0.3) is 0 Å². The average Bonchev–Trinajstić information content (AvgIpc) is 2.57. The van der Waals surface area contributed by atoms with Crippen molar-refractivity contribution in [1.82, 2.24) is 0 Å². The Balaban J connectivity index is 2.89. The molecule has 1 heterocycles. The molecule has 0 aromatic rings. The number of hydrogen-bond donors (Lipinski definition) is 9. The van der Waals surface area contributed by atoms with Crippen LogP contribution in [0.1, 0.15) is 0 Å². The summed E-state index contributed by atoms with van der Waals surface area (Å²) in [6, 6.07) is 0. The molecular weight excluding hydrogens is 320 g/mol. The summed E-state index contributed by atoms with van der Waals surface area (Å²) in [7, 11) is 0. The fourth-order valence-electron chi connectivity index (χ4n) is 2.16. The van der Waals surface area contributed by atoms with Crippen molar-refractivity contribution in [2.24, 2.45) is 0 Å². The molecule has 0 amide bonds. The van der Waals surface area contributed by atoms with E-state index in [2.05, 4.69) is 0 Å². The highest BCUT2D eigenvalue weighted by atomic mass is 16.7. The van der Waals surface area contributed by atoms with Crippen molar-refractivity contribution in [2.45, 2.75) is 55.1 Å². The SMILES string of the molecule is OC[C@@H](O)[C@H](O[C@@H]1O[C@H](CO)[C@@H](O)[C@H](O)[C@H]1O)[C@H](O)[C@@H](O)CO. The fourth-order valence-corrected chi connectivity index (χ4v) is 2.16. The number of rotatable bonds is 8. The van der Waals surface area contributed by atoms with Gasteiger partial charge in [-0.05, 0) is 0 Å². The maximum absolute atomic E-state index is 9.83. The van der Waals surface area contributed by atoms with Gasteiger partial charge in [-0.1, -0.05) is 0 Å². The van der Waals surface area contributed by atoms with E-state index in [1.165, 1.54) is 0 Å². The zero-order valence-corrected chi connectivity index (χ0v) is 12.2. The second-order valence-corrected chi connectivity index (χ2v) is 5.29. The Kier molecular flexibility index (Phi) is 8.20. The molecule has 0 aliphatic carbocycles. The first-order valence-electron chi connectivity index (χ1n) is 7.00. The van der Waals surface area contributed by atoms with Crippen LogP contribution in [0.15, 0.2) is 0 Å². The molecule has 0 spiro atoms. The van der Waals surface area contributed by atoms with Gasteiger partial charge in [0, 0.05) is 0 Å². The number of hydrogen-bond acceptors (Lipinski definition) is 11. The molecule has 1 fully saturated rings. The largest absolute Gasteiger partial charge is 0.394 e. The molecule has 9 atom stereocenters. The lowest BCUT2D eigenvalue weighted by Crippen LogP contribution is -2.61. The molecule has 1 aliphatic rings. The van der Waals surface area contributed by atoms with E-state index in [-0.39, 0.29) is 0 Å². The Morgan fingerprint density at radius 3 is 1.87 bits per heavy atom. The van der Waals surface area contributed by atoms with Crippen LogP contribution in [0.5, 0.6) is 0 Å². The quantitative estimate of drug-likeness (QED) is 0.203. The second-order valence-electron chi connectivity index (χ2n) is 5.29. The van der Waals surface area contributed by atoms with Crippen LogP contribution in [0.2, 0.25) is 0 Å². The van der Waals surface area contributed by atoms with Gasteiger partial charge in [-0.2, -0.15) is 0 Å². The lowest BCUT2D eigenvalue weighted by molar-refractivity contribution is -0.327. The lowest BCUT2D eigenvalue weighted by atomic mass is 9.98. The summed E-state index contributed by atoms with van der Waals surface area (Å²) in [6.45, 7) is -2.45. The van der Waals surface area contributed by atoms with Gasteiger partial charge < -0.3 is 55.4 Å². The van der Waals surface area contributed by atoms with Crippen molar-refractivity contribution in [3.63, 3.8) is 0 Å². The van der Waals surface area contributed by atoms with E-state index >= 15 is 0 Å². The van der Waals surface area contributed by atoms with E-state index in [0.29, 0.717) is 0 Å². The molecule has 1 rings (SSSR count). The predicted octanol–water partition coefficient (Wildman–Crippen LogP) is -5.76. The van der Waals surface area contributed by atoms with Gasteiger partial charge in [0.1, 0.15) is 48.8 Å². The van der Waals surface area contributed by atoms with Crippen molar-refractivity contribution < 1.29 is 55.4 Å². The molecule has 1 aliphatic heterocycles. The summed E-state index contributed by atoms with van der Waals surface area (Å²) in [4.78, 5) is 0. The van der Waals surface area contributed by atoms with Crippen LogP contribution in [0.4, 0.5) is 0 Å². The molecule has 23 heavy (non-hydrogen) atoms. The minimum absolute atomic E-state index is 0.708. The van der Waals surface area contributed by atoms with Crippen LogP contribution in [-0.4, -0.2) is 121 Å². The van der Waals surface area contributed by atoms with Crippen LogP contribution < -0.4 is 0 Å². The maximum atomic E-state index is 9.83. The van der Waals surface area contributed by atoms with Crippen molar-refractivity contribution in [3.05, 3.63) is 0 Å². The van der Waals surface area contributed by atoms with Gasteiger partial charge >= 0.3 is 0 Å². The number of ether oxygens (including phenoxy) is 2. The van der Waals surface area contributed by atoms with E-state index in [1.807, 2.05) is 0 Å². The maximum Gasteiger partial charge on any atom is 0.187 e. The monoisotopic (exact) mass is 344 g/mol. The number of aliphatic hydroxyl groups is 9. The fraction of sp³-hybridized carbons (Fsp3) is 1.00. The first-order chi connectivity index (χ1) is 10.8. The summed E-state index contributed by atoms with van der Waals surface area (Å²) >= 11 is 0. The lowest BCUT2D eigenvalue weighted by Gasteiger charge is -2.42. The summed E-state index contributed by atoms with van der Waals surface area (Å²) in [5.41, 5.74) is 0. The standard InChI is InChI=1S/C12H24O11/c13-1-4(16)7(18)11(5(17)2-14)23-12-10(21)9(20)8(19)6(3-15)22-12/h4-21H,1-3H2/t4-,5+,6+,7+,8+,9-,10+,11-,12-/m0/s1. The molecule has 0 saturated carbocycles. The van der Waals surface area contributed by atoms with E-state index in [4.69, 9.17) is 24.8 Å². The van der Waals surface area contributed by atoms with Gasteiger partial charge in [-0.25, -0.2) is 0 Å². The molecule has 138 valence electrons. The van der Waals surface area contributed by atoms with Crippen molar-refractivity contribution >= 4 is 0 Å². The molecule has 9 N–H and O–H groups in total. The molecular formula is C12H24O11. The zero-order valence-electron chi connectivity index (χ0n) is 12.2. The van der Waals surface area contributed by atoms with Gasteiger partial charge in [0.05, 0.1) is 19.8 Å². The Labute approximate surface area is 131 Å². The van der Waals surface area contributed by atoms with Crippen molar-refractivity contribution in [3.8, 4) is 0 Å². The third-order valence-electron chi connectivity index (χ3n) is 3.62. The van der Waals surface area contributed by atoms with E-state index < -0.39 is 74.9 Å². The first-order valence-corrected chi connectivity index (χ1v) is 7.00. The Hall–Kier alpha value is -0.440. The van der Waals surface area contributed by atoms with Gasteiger partial charge in [0.25, 0.3) is 0 Å². The molecule has 11 nitrogen and oxygen atoms in total. The van der Waals surface area contributed by atoms with Gasteiger partial charge in [-0.15, -0.1) is 0 Å². The zero-order chi connectivity index (χ0) is 17.7. The Bertz CT molecular complexity index is 341. The first kappa shape index (κ1) is 20.6. The molecule has 0 aromatic heterocycles. The number of aliphatic hydroxyl groups excluding tert-OH is 9. The van der Waals surface area contributed by atoms with Crippen LogP contribution in [0, 0.1) is 0 Å². The molecule has 0 aromatic carbocycles. The minimum atomic E-state index is -1.85. The average molecular weight is 344 g/mol. The summed E-state index contributed by atoms with van der Waals surface area (Å²) in [6.07, 6.45) is -15.1. The Morgan fingerprint density at radius 2 is 1.39 bits per heavy atom. The molecule has 11 heteroatoms. The molecule has 0 radical (unpaired) electrons. The normalized spacial score (nSPS) is 37.2. The third-order valence-corrected chi connectivity index (χ3v) is 3.62. The van der Waals surface area contributed by atoms with Crippen LogP contribution in [0.3, 0.4) is 0 Å². The van der Waals surface area contributed by atoms with Gasteiger partial charge in [-0.3, -0.25) is 0 Å². The summed E-state index contributed by atoms with van der Waals surface area (Å²) in [5, 5.41) is 84.9. The van der Waals surface area contributed by atoms with E-state index in [0.717, 1.165) is 0 Å². The van der Waals surface area contributed by atoms with Crippen LogP contribution in [-0.2, 0) is 9.47 Å². The topological polar surface area (TPSA) is 201 Å². The van der Waals surface area contributed by atoms with Gasteiger partial charge in [0.15, 0.2) is 6.29 Å². The highest BCUT2D eigenvalue weighted by molar-refractivity contribution is 4.91. The van der Waals surface area contributed by atoms with Crippen LogP contribution >= 0.6 is 0 Å². The van der Waals surface area contributed by atoms with E-state index in [9.17, 15) is 30.6 Å². The minimum Gasteiger partial charge on any atom is -0.394 e. The second kappa shape index (κ2) is 9.15. The smallest absolute Gasteiger partial charge is 0.187 e. The highest BCUT2D eigenvalue weighted by Gasteiger charge is 2.46. The molecule has 1 saturated heterocycles. The predicted molar refractivity (Wildman–Crippen MR) is 70.8 cm³/mol. The third kappa shape index (κ3) is 4.78. The van der Waals surface area contributed by atoms with E-state index in [1.54, 1.807) is 0 Å². The molecule has 0 bridgehead atoms. The summed E-state index contributed by atoms with van der Waals surface area (Å²) in [5.74, 6) is 0. The summed E-state index contributed by atoms with van der Waals surface area (Å²) < 4.78 is 10.1. The van der Waals surface area contributed by atoms with Crippen molar-refractivity contribution in [2.75, 3.05) is 19.8 Å². The highest BCUT2D eigenvalue weighted by Crippen LogP contribution is 2.24. The Morgan fingerprint density at radius 1 is 0.826 bits per heavy atom.